The van der Waals surface area contributed by atoms with E-state index < -0.39 is 5.97 Å². The van der Waals surface area contributed by atoms with Gasteiger partial charge < -0.3 is 9.52 Å². The minimum Gasteiger partial charge on any atom is -0.478 e. The SMILES string of the molecule is Cc1oc(CN(C)CC(C)(C)C)cc1C(=O)O. The molecule has 1 heterocycles. The van der Waals surface area contributed by atoms with Gasteiger partial charge in [-0.25, -0.2) is 4.79 Å². The molecule has 4 nitrogen and oxygen atoms in total. The quantitative estimate of drug-likeness (QED) is 0.877. The van der Waals surface area contributed by atoms with E-state index in [1.54, 1.807) is 13.0 Å². The number of carboxylic acid groups (broad SMARTS) is 1. The Morgan fingerprint density at radius 3 is 2.47 bits per heavy atom. The molecule has 0 aliphatic rings. The molecule has 0 aliphatic carbocycles. The van der Waals surface area contributed by atoms with Crippen LogP contribution in [0.3, 0.4) is 0 Å². The molecule has 0 unspecified atom stereocenters. The van der Waals surface area contributed by atoms with Crippen molar-refractivity contribution in [1.82, 2.24) is 4.90 Å². The molecule has 0 spiro atoms. The van der Waals surface area contributed by atoms with Crippen molar-refractivity contribution >= 4 is 5.97 Å². The van der Waals surface area contributed by atoms with Crippen LogP contribution >= 0.6 is 0 Å². The highest BCUT2D eigenvalue weighted by atomic mass is 16.4. The van der Waals surface area contributed by atoms with E-state index in [1.165, 1.54) is 0 Å². The number of hydrogen-bond donors (Lipinski definition) is 1. The first-order chi connectivity index (χ1) is 7.69. The fourth-order valence-corrected chi connectivity index (χ4v) is 1.97. The van der Waals surface area contributed by atoms with Gasteiger partial charge in [0.15, 0.2) is 0 Å². The predicted molar refractivity (Wildman–Crippen MR) is 66.2 cm³/mol. The Kier molecular flexibility index (Phi) is 3.98. The van der Waals surface area contributed by atoms with Crippen molar-refractivity contribution < 1.29 is 14.3 Å². The van der Waals surface area contributed by atoms with Crippen molar-refractivity contribution in [3.8, 4) is 0 Å². The monoisotopic (exact) mass is 239 g/mol. The molecule has 1 rings (SSSR count). The summed E-state index contributed by atoms with van der Waals surface area (Å²) < 4.78 is 5.44. The topological polar surface area (TPSA) is 53.7 Å². The molecule has 96 valence electrons. The Morgan fingerprint density at radius 1 is 1.47 bits per heavy atom. The largest absolute Gasteiger partial charge is 0.478 e. The minimum absolute atomic E-state index is 0.214. The Morgan fingerprint density at radius 2 is 2.06 bits per heavy atom. The Bertz CT molecular complexity index is 401. The van der Waals surface area contributed by atoms with Gasteiger partial charge in [0.1, 0.15) is 17.1 Å². The summed E-state index contributed by atoms with van der Waals surface area (Å²) in [5, 5.41) is 8.93. The van der Waals surface area contributed by atoms with Crippen LogP contribution in [0.5, 0.6) is 0 Å². The summed E-state index contributed by atoms with van der Waals surface area (Å²) in [7, 11) is 2.00. The standard InChI is InChI=1S/C13H21NO3/c1-9-11(12(15)16)6-10(17-9)7-14(5)8-13(2,3)4/h6H,7-8H2,1-5H3,(H,15,16). The third-order valence-corrected chi connectivity index (χ3v) is 2.37. The molecular weight excluding hydrogens is 218 g/mol. The summed E-state index contributed by atoms with van der Waals surface area (Å²) in [5.74, 6) is 0.235. The van der Waals surface area contributed by atoms with E-state index in [4.69, 9.17) is 9.52 Å². The number of nitrogens with zero attached hydrogens (tertiary/aromatic N) is 1. The number of hydrogen-bond acceptors (Lipinski definition) is 3. The van der Waals surface area contributed by atoms with Crippen LogP contribution < -0.4 is 0 Å². The molecule has 0 aliphatic heterocycles. The van der Waals surface area contributed by atoms with Gasteiger partial charge in [0.2, 0.25) is 0 Å². The highest BCUT2D eigenvalue weighted by Crippen LogP contribution is 2.19. The fourth-order valence-electron chi connectivity index (χ4n) is 1.97. The summed E-state index contributed by atoms with van der Waals surface area (Å²) in [6.07, 6.45) is 0. The van der Waals surface area contributed by atoms with Crippen LogP contribution in [0.25, 0.3) is 0 Å². The van der Waals surface area contributed by atoms with Crippen molar-refractivity contribution in [3.63, 3.8) is 0 Å². The number of carbonyl (C=O) groups is 1. The normalized spacial score (nSPS) is 12.1. The van der Waals surface area contributed by atoms with E-state index in [1.807, 2.05) is 7.05 Å². The lowest BCUT2D eigenvalue weighted by Gasteiger charge is -2.25. The molecule has 4 heteroatoms. The van der Waals surface area contributed by atoms with Gasteiger partial charge in [-0.3, -0.25) is 4.90 Å². The van der Waals surface area contributed by atoms with Crippen molar-refractivity contribution in [1.29, 1.82) is 0 Å². The first kappa shape index (κ1) is 13.8. The first-order valence-electron chi connectivity index (χ1n) is 5.70. The number of furan rings is 1. The number of carboxylic acids is 1. The van der Waals surface area contributed by atoms with Crippen molar-refractivity contribution in [2.75, 3.05) is 13.6 Å². The summed E-state index contributed by atoms with van der Waals surface area (Å²) in [6.45, 7) is 9.73. The van der Waals surface area contributed by atoms with Crippen molar-refractivity contribution in [2.24, 2.45) is 5.41 Å². The van der Waals surface area contributed by atoms with Gasteiger partial charge in [-0.1, -0.05) is 20.8 Å². The Hall–Kier alpha value is -1.29. The summed E-state index contributed by atoms with van der Waals surface area (Å²) in [6, 6.07) is 1.61. The first-order valence-corrected chi connectivity index (χ1v) is 5.70. The Balaban J connectivity index is 2.69. The number of aryl methyl sites for hydroxylation is 1. The molecule has 0 aromatic carbocycles. The van der Waals surface area contributed by atoms with Crippen LogP contribution in [-0.4, -0.2) is 29.6 Å². The summed E-state index contributed by atoms with van der Waals surface area (Å²) in [4.78, 5) is 13.0. The van der Waals surface area contributed by atoms with Crippen LogP contribution in [0.15, 0.2) is 10.5 Å². The van der Waals surface area contributed by atoms with E-state index in [9.17, 15) is 4.79 Å². The van der Waals surface area contributed by atoms with E-state index >= 15 is 0 Å². The average molecular weight is 239 g/mol. The molecular formula is C13H21NO3. The van der Waals surface area contributed by atoms with Gasteiger partial charge in [-0.15, -0.1) is 0 Å². The predicted octanol–water partition coefficient (Wildman–Crippen LogP) is 2.76. The van der Waals surface area contributed by atoms with E-state index in [0.29, 0.717) is 18.1 Å². The molecule has 1 aromatic rings. The van der Waals surface area contributed by atoms with Gasteiger partial charge in [-0.05, 0) is 25.5 Å². The second kappa shape index (κ2) is 4.92. The lowest BCUT2D eigenvalue weighted by atomic mass is 9.96. The maximum Gasteiger partial charge on any atom is 0.339 e. The lowest BCUT2D eigenvalue weighted by Crippen LogP contribution is -2.28. The third kappa shape index (κ3) is 4.23. The highest BCUT2D eigenvalue weighted by molar-refractivity contribution is 5.88. The smallest absolute Gasteiger partial charge is 0.339 e. The van der Waals surface area contributed by atoms with Gasteiger partial charge in [0.05, 0.1) is 6.54 Å². The summed E-state index contributed by atoms with van der Waals surface area (Å²) in [5.41, 5.74) is 0.468. The van der Waals surface area contributed by atoms with E-state index in [-0.39, 0.29) is 11.0 Å². The van der Waals surface area contributed by atoms with Gasteiger partial charge >= 0.3 is 5.97 Å². The molecule has 0 saturated carbocycles. The number of rotatable bonds is 4. The maximum absolute atomic E-state index is 10.9. The second-order valence-corrected chi connectivity index (χ2v) is 5.72. The average Bonchev–Trinajstić information content (AvgIpc) is 2.42. The van der Waals surface area contributed by atoms with Crippen molar-refractivity contribution in [3.05, 3.63) is 23.2 Å². The molecule has 0 fully saturated rings. The Labute approximate surface area is 102 Å². The fraction of sp³-hybridized carbons (Fsp3) is 0.615. The van der Waals surface area contributed by atoms with Crippen molar-refractivity contribution in [2.45, 2.75) is 34.2 Å². The summed E-state index contributed by atoms with van der Waals surface area (Å²) >= 11 is 0. The molecule has 1 N–H and O–H groups in total. The molecule has 1 aromatic heterocycles. The molecule has 0 atom stereocenters. The highest BCUT2D eigenvalue weighted by Gasteiger charge is 2.17. The van der Waals surface area contributed by atoms with E-state index in [0.717, 1.165) is 6.54 Å². The molecule has 17 heavy (non-hydrogen) atoms. The van der Waals surface area contributed by atoms with Gasteiger partial charge in [-0.2, -0.15) is 0 Å². The van der Waals surface area contributed by atoms with Crippen LogP contribution in [-0.2, 0) is 6.54 Å². The van der Waals surface area contributed by atoms with Crippen LogP contribution in [0.1, 0.15) is 42.6 Å². The maximum atomic E-state index is 10.9. The lowest BCUT2D eigenvalue weighted by molar-refractivity contribution is 0.0695. The van der Waals surface area contributed by atoms with Crippen LogP contribution in [0.2, 0.25) is 0 Å². The molecule has 0 saturated heterocycles. The zero-order chi connectivity index (χ0) is 13.2. The van der Waals surface area contributed by atoms with Gasteiger partial charge in [0, 0.05) is 6.54 Å². The van der Waals surface area contributed by atoms with E-state index in [2.05, 4.69) is 25.7 Å². The molecule has 0 radical (unpaired) electrons. The number of aromatic carboxylic acids is 1. The van der Waals surface area contributed by atoms with Crippen LogP contribution in [0.4, 0.5) is 0 Å². The van der Waals surface area contributed by atoms with Gasteiger partial charge in [0.25, 0.3) is 0 Å². The van der Waals surface area contributed by atoms with Crippen LogP contribution in [0, 0.1) is 12.3 Å². The third-order valence-electron chi connectivity index (χ3n) is 2.37. The zero-order valence-electron chi connectivity index (χ0n) is 11.2. The minimum atomic E-state index is -0.934. The zero-order valence-corrected chi connectivity index (χ0v) is 11.2. The molecule has 0 bridgehead atoms. The second-order valence-electron chi connectivity index (χ2n) is 5.72. The molecule has 0 amide bonds.